The van der Waals surface area contributed by atoms with Crippen LogP contribution in [0, 0.1) is 0 Å². The van der Waals surface area contributed by atoms with E-state index in [0.717, 1.165) is 53.8 Å². The van der Waals surface area contributed by atoms with Crippen molar-refractivity contribution in [2.75, 3.05) is 29.9 Å². The van der Waals surface area contributed by atoms with Crippen LogP contribution in [0.2, 0.25) is 0 Å². The molecule has 0 spiro atoms. The molecular formula is C29H30N6O4. The van der Waals surface area contributed by atoms with E-state index in [1.165, 1.54) is 5.56 Å². The molecule has 3 aromatic heterocycles. The van der Waals surface area contributed by atoms with Gasteiger partial charge in [0.15, 0.2) is 0 Å². The number of hydrogen-bond acceptors (Lipinski definition) is 7. The van der Waals surface area contributed by atoms with Gasteiger partial charge in [0.1, 0.15) is 17.4 Å². The van der Waals surface area contributed by atoms with E-state index in [0.29, 0.717) is 37.6 Å². The van der Waals surface area contributed by atoms with Crippen molar-refractivity contribution in [1.82, 2.24) is 19.7 Å². The lowest BCUT2D eigenvalue weighted by atomic mass is 10.0. The fourth-order valence-electron chi connectivity index (χ4n) is 5.34. The van der Waals surface area contributed by atoms with E-state index >= 15 is 0 Å². The Bertz CT molecular complexity index is 1530. The number of ether oxygens (including phenoxy) is 1. The van der Waals surface area contributed by atoms with E-state index in [-0.39, 0.29) is 12.3 Å². The van der Waals surface area contributed by atoms with Gasteiger partial charge in [0.25, 0.3) is 0 Å². The first-order chi connectivity index (χ1) is 19.0. The largest absolute Gasteiger partial charge is 0.493 e. The summed E-state index contributed by atoms with van der Waals surface area (Å²) in [4.78, 5) is 34.8. The quantitative estimate of drug-likeness (QED) is 0.336. The molecular weight excluding hydrogens is 496 g/mol. The molecule has 200 valence electrons. The van der Waals surface area contributed by atoms with Crippen molar-refractivity contribution in [2.24, 2.45) is 0 Å². The highest BCUT2D eigenvalue weighted by Crippen LogP contribution is 2.31. The molecule has 6 rings (SSSR count). The number of amides is 1. The summed E-state index contributed by atoms with van der Waals surface area (Å²) in [6.45, 7) is 2.06. The molecule has 1 saturated heterocycles. The number of carboxylic acid groups (broad SMARTS) is 1. The van der Waals surface area contributed by atoms with E-state index in [4.69, 9.17) is 9.72 Å². The third-order valence-corrected chi connectivity index (χ3v) is 7.31. The van der Waals surface area contributed by atoms with Crippen molar-refractivity contribution in [2.45, 2.75) is 44.6 Å². The maximum absolute atomic E-state index is 12.2. The molecule has 0 saturated carbocycles. The molecule has 10 heteroatoms. The summed E-state index contributed by atoms with van der Waals surface area (Å²) in [6, 6.07) is 12.9. The number of hydrogen-bond donors (Lipinski definition) is 2. The second-order valence-corrected chi connectivity index (χ2v) is 9.96. The Balaban J connectivity index is 1.19. The van der Waals surface area contributed by atoms with Crippen LogP contribution in [0.25, 0.3) is 10.9 Å². The Hall–Kier alpha value is -4.47. The molecule has 10 nitrogen and oxygen atoms in total. The molecule has 2 N–H and O–H groups in total. The summed E-state index contributed by atoms with van der Waals surface area (Å²) in [5, 5.41) is 18.5. The number of nitrogens with zero attached hydrogens (tertiary/aromatic N) is 5. The molecule has 0 bridgehead atoms. The lowest BCUT2D eigenvalue weighted by Crippen LogP contribution is -2.25. The van der Waals surface area contributed by atoms with Gasteiger partial charge in [0, 0.05) is 43.2 Å². The Kier molecular flexibility index (Phi) is 6.83. The number of aliphatic carboxylic acids is 1. The van der Waals surface area contributed by atoms with E-state index < -0.39 is 12.0 Å². The molecule has 2 aliphatic heterocycles. The van der Waals surface area contributed by atoms with Crippen molar-refractivity contribution in [1.29, 1.82) is 0 Å². The summed E-state index contributed by atoms with van der Waals surface area (Å²) in [6.07, 6.45) is 7.37. The third-order valence-electron chi connectivity index (χ3n) is 7.31. The van der Waals surface area contributed by atoms with Crippen LogP contribution in [-0.4, -0.2) is 56.4 Å². The van der Waals surface area contributed by atoms with Gasteiger partial charge in [0.05, 0.1) is 30.8 Å². The van der Waals surface area contributed by atoms with Crippen molar-refractivity contribution in [3.63, 3.8) is 0 Å². The minimum Gasteiger partial charge on any atom is -0.493 e. The monoisotopic (exact) mass is 526 g/mol. The average molecular weight is 527 g/mol. The molecule has 39 heavy (non-hydrogen) atoms. The molecule has 0 aliphatic carbocycles. The number of carbonyl (C=O) groups excluding carboxylic acids is 1. The zero-order valence-electron chi connectivity index (χ0n) is 21.5. The molecule has 5 heterocycles. The van der Waals surface area contributed by atoms with Gasteiger partial charge in [-0.3, -0.25) is 19.2 Å². The highest BCUT2D eigenvalue weighted by atomic mass is 16.5. The Morgan fingerprint density at radius 2 is 2.05 bits per heavy atom. The van der Waals surface area contributed by atoms with Gasteiger partial charge in [-0.2, -0.15) is 5.10 Å². The van der Waals surface area contributed by atoms with Crippen LogP contribution in [0.5, 0.6) is 5.75 Å². The maximum atomic E-state index is 12.2. The molecule has 1 aromatic carbocycles. The van der Waals surface area contributed by atoms with Crippen LogP contribution in [-0.2, 0) is 22.4 Å². The van der Waals surface area contributed by atoms with Crippen molar-refractivity contribution in [3.05, 3.63) is 71.7 Å². The van der Waals surface area contributed by atoms with Crippen LogP contribution in [0.1, 0.15) is 48.5 Å². The van der Waals surface area contributed by atoms with E-state index in [9.17, 15) is 14.7 Å². The predicted molar refractivity (Wildman–Crippen MR) is 146 cm³/mol. The fraction of sp³-hybridized carbons (Fsp3) is 0.345. The molecule has 0 radical (unpaired) electrons. The van der Waals surface area contributed by atoms with E-state index in [2.05, 4.69) is 27.5 Å². The van der Waals surface area contributed by atoms with Gasteiger partial charge >= 0.3 is 5.97 Å². The highest BCUT2D eigenvalue weighted by molar-refractivity contribution is 5.94. The van der Waals surface area contributed by atoms with Crippen molar-refractivity contribution in [3.8, 4) is 5.75 Å². The molecule has 1 amide bonds. The summed E-state index contributed by atoms with van der Waals surface area (Å²) in [5.74, 6) is 1.33. The summed E-state index contributed by atoms with van der Waals surface area (Å²) in [7, 11) is 0. The average Bonchev–Trinajstić information content (AvgIpc) is 3.57. The van der Waals surface area contributed by atoms with E-state index in [1.54, 1.807) is 34.1 Å². The molecule has 1 atom stereocenters. The minimum atomic E-state index is -0.940. The van der Waals surface area contributed by atoms with Crippen molar-refractivity contribution < 1.29 is 19.4 Å². The normalized spacial score (nSPS) is 15.7. The van der Waals surface area contributed by atoms with Crippen molar-refractivity contribution >= 4 is 34.4 Å². The van der Waals surface area contributed by atoms with Gasteiger partial charge in [-0.05, 0) is 66.8 Å². The Morgan fingerprint density at radius 3 is 2.90 bits per heavy atom. The van der Waals surface area contributed by atoms with Crippen LogP contribution in [0.3, 0.4) is 0 Å². The van der Waals surface area contributed by atoms with Gasteiger partial charge in [-0.1, -0.05) is 6.07 Å². The third kappa shape index (κ3) is 5.27. The molecule has 1 fully saturated rings. The topological polar surface area (TPSA) is 122 Å². The molecule has 2 aliphatic rings. The van der Waals surface area contributed by atoms with Gasteiger partial charge in [0.2, 0.25) is 5.91 Å². The molecule has 1 unspecified atom stereocenters. The first kappa shape index (κ1) is 24.8. The van der Waals surface area contributed by atoms with Gasteiger partial charge in [-0.15, -0.1) is 0 Å². The number of benzene rings is 1. The number of pyridine rings is 2. The summed E-state index contributed by atoms with van der Waals surface area (Å²) >= 11 is 0. The highest BCUT2D eigenvalue weighted by Gasteiger charge is 2.26. The zero-order chi connectivity index (χ0) is 26.8. The number of nitrogens with one attached hydrogen (secondary N) is 1. The minimum absolute atomic E-state index is 0.0329. The standard InChI is InChI=1S/C29H30N6O4/c36-27-4-2-13-34(27)26-16-20(9-12-30-26)25(17-28(37)38)35-24-8-7-23(15-21(24)18-32-35)39-14-10-22-6-5-19-3-1-11-31-29(19)33-22/h5-9,12,15-16,18,25H,1-4,10-11,13-14,17H2,(H,31,33)(H,37,38). The first-order valence-corrected chi connectivity index (χ1v) is 13.4. The smallest absolute Gasteiger partial charge is 0.305 e. The Labute approximate surface area is 225 Å². The SMILES string of the molecule is O=C(O)CC(c1ccnc(N2CCCC2=O)c1)n1ncc2cc(OCCc3ccc4c(n3)NCCC4)ccc21. The van der Waals surface area contributed by atoms with Crippen LogP contribution < -0.4 is 15.0 Å². The number of anilines is 2. The number of aryl methyl sites for hydroxylation is 1. The molecule has 4 aromatic rings. The summed E-state index contributed by atoms with van der Waals surface area (Å²) < 4.78 is 7.75. The predicted octanol–water partition coefficient (Wildman–Crippen LogP) is 4.00. The number of carbonyl (C=O) groups is 2. The zero-order valence-corrected chi connectivity index (χ0v) is 21.5. The maximum Gasteiger partial charge on any atom is 0.305 e. The number of aromatic nitrogens is 4. The van der Waals surface area contributed by atoms with E-state index in [1.807, 2.05) is 18.2 Å². The Morgan fingerprint density at radius 1 is 1.13 bits per heavy atom. The van der Waals surface area contributed by atoms with Crippen LogP contribution in [0.15, 0.2) is 54.9 Å². The van der Waals surface area contributed by atoms with Gasteiger partial charge in [-0.25, -0.2) is 9.97 Å². The first-order valence-electron chi connectivity index (χ1n) is 13.4. The number of carboxylic acids is 1. The summed E-state index contributed by atoms with van der Waals surface area (Å²) in [5.41, 5.74) is 3.79. The lowest BCUT2D eigenvalue weighted by molar-refractivity contribution is -0.137. The van der Waals surface area contributed by atoms with Crippen LogP contribution in [0.4, 0.5) is 11.6 Å². The van der Waals surface area contributed by atoms with Gasteiger partial charge < -0.3 is 15.2 Å². The fourth-order valence-corrected chi connectivity index (χ4v) is 5.34. The number of rotatable bonds is 9. The second-order valence-electron chi connectivity index (χ2n) is 9.96. The van der Waals surface area contributed by atoms with Crippen LogP contribution >= 0.6 is 0 Å². The lowest BCUT2D eigenvalue weighted by Gasteiger charge is -2.20. The second kappa shape index (κ2) is 10.7. The number of fused-ring (bicyclic) bond motifs is 2.